The second-order valence-electron chi connectivity index (χ2n) is 8.21. The van der Waals surface area contributed by atoms with Gasteiger partial charge < -0.3 is 9.84 Å². The molecule has 2 aromatic rings. The van der Waals surface area contributed by atoms with Crippen LogP contribution in [0.4, 0.5) is 14.9 Å². The highest BCUT2D eigenvalue weighted by molar-refractivity contribution is 5.91. The number of rotatable bonds is 4. The number of carboxylic acid groups (broad SMARTS) is 1. The Labute approximate surface area is 162 Å². The molecule has 2 aliphatic carbocycles. The molecule has 0 radical (unpaired) electrons. The van der Waals surface area contributed by atoms with Gasteiger partial charge in [-0.1, -0.05) is 0 Å². The van der Waals surface area contributed by atoms with E-state index in [1.165, 1.54) is 6.07 Å². The molecule has 1 aromatic carbocycles. The zero-order valence-electron chi connectivity index (χ0n) is 15.9. The maximum Gasteiger partial charge on any atom is 0.412 e. The van der Waals surface area contributed by atoms with Gasteiger partial charge in [-0.05, 0) is 57.9 Å². The van der Waals surface area contributed by atoms with Crippen LogP contribution in [0.1, 0.15) is 57.1 Å². The molecule has 1 N–H and O–H groups in total. The van der Waals surface area contributed by atoms with Crippen LogP contribution in [-0.4, -0.2) is 33.1 Å². The molecule has 2 fully saturated rings. The van der Waals surface area contributed by atoms with Gasteiger partial charge in [0.05, 0.1) is 24.0 Å². The predicted octanol–water partition coefficient (Wildman–Crippen LogP) is 4.77. The van der Waals surface area contributed by atoms with E-state index in [0.29, 0.717) is 35.8 Å². The monoisotopic (exact) mass is 385 g/mol. The van der Waals surface area contributed by atoms with Crippen molar-refractivity contribution in [2.45, 2.75) is 70.1 Å². The first-order chi connectivity index (χ1) is 13.5. The standard InChI is InChI=1S/C21H24FN3O3/c1-12-5-8-16-19(25(12)21(26)27)18(22)9-17(20(16)28-15-3-2-4-15)13-10-23-24(11-13)14-6-7-14/h9-12,14-15H,2-8H2,1H3,(H,26,27)/t12-/m0/s1. The van der Waals surface area contributed by atoms with Gasteiger partial charge in [-0.15, -0.1) is 0 Å². The topological polar surface area (TPSA) is 67.6 Å². The lowest BCUT2D eigenvalue weighted by Crippen LogP contribution is -2.42. The Hall–Kier alpha value is -2.57. The Morgan fingerprint density at radius 3 is 2.71 bits per heavy atom. The lowest BCUT2D eigenvalue weighted by atomic mass is 9.91. The van der Waals surface area contributed by atoms with Crippen LogP contribution in [0.15, 0.2) is 18.5 Å². The number of nitrogens with zero attached hydrogens (tertiary/aromatic N) is 3. The largest absolute Gasteiger partial charge is 0.489 e. The molecule has 2 saturated carbocycles. The van der Waals surface area contributed by atoms with Crippen LogP contribution in [0.25, 0.3) is 11.1 Å². The van der Waals surface area contributed by atoms with E-state index in [9.17, 15) is 9.90 Å². The summed E-state index contributed by atoms with van der Waals surface area (Å²) >= 11 is 0. The molecule has 148 valence electrons. The Bertz CT molecular complexity index is 933. The summed E-state index contributed by atoms with van der Waals surface area (Å²) in [4.78, 5) is 13.0. The third-order valence-corrected chi connectivity index (χ3v) is 6.17. The summed E-state index contributed by atoms with van der Waals surface area (Å²) < 4.78 is 23.5. The first kappa shape index (κ1) is 17.5. The number of carbonyl (C=O) groups is 1. The summed E-state index contributed by atoms with van der Waals surface area (Å²) in [5, 5.41) is 14.1. The van der Waals surface area contributed by atoms with Crippen molar-refractivity contribution < 1.29 is 19.0 Å². The fourth-order valence-corrected chi connectivity index (χ4v) is 4.17. The zero-order chi connectivity index (χ0) is 19.4. The summed E-state index contributed by atoms with van der Waals surface area (Å²) in [7, 11) is 0. The van der Waals surface area contributed by atoms with E-state index in [0.717, 1.165) is 42.6 Å². The fourth-order valence-electron chi connectivity index (χ4n) is 4.17. The maximum absolute atomic E-state index is 15.2. The van der Waals surface area contributed by atoms with Crippen molar-refractivity contribution in [2.24, 2.45) is 0 Å². The van der Waals surface area contributed by atoms with E-state index in [4.69, 9.17) is 4.74 Å². The number of aromatic nitrogens is 2. The minimum absolute atomic E-state index is 0.115. The second kappa shape index (κ2) is 6.50. The summed E-state index contributed by atoms with van der Waals surface area (Å²) in [6, 6.07) is 1.60. The number of halogens is 1. The highest BCUT2D eigenvalue weighted by atomic mass is 19.1. The molecule has 3 aliphatic rings. The molecule has 1 amide bonds. The molecule has 6 nitrogen and oxygen atoms in total. The number of hydrogen-bond acceptors (Lipinski definition) is 3. The molecule has 1 atom stereocenters. The van der Waals surface area contributed by atoms with Crippen molar-refractivity contribution in [3.63, 3.8) is 0 Å². The number of fused-ring (bicyclic) bond motifs is 1. The van der Waals surface area contributed by atoms with Crippen molar-refractivity contribution in [1.29, 1.82) is 0 Å². The molecule has 0 unspecified atom stereocenters. The first-order valence-corrected chi connectivity index (χ1v) is 10.1. The number of anilines is 1. The summed E-state index contributed by atoms with van der Waals surface area (Å²) in [5.74, 6) is 0.119. The van der Waals surface area contributed by atoms with Crippen LogP contribution in [-0.2, 0) is 6.42 Å². The lowest BCUT2D eigenvalue weighted by Gasteiger charge is -2.36. The van der Waals surface area contributed by atoms with Crippen LogP contribution in [0, 0.1) is 5.82 Å². The zero-order valence-corrected chi connectivity index (χ0v) is 15.9. The van der Waals surface area contributed by atoms with Crippen LogP contribution in [0.2, 0.25) is 0 Å². The number of hydrogen-bond donors (Lipinski definition) is 1. The second-order valence-corrected chi connectivity index (χ2v) is 8.21. The lowest BCUT2D eigenvalue weighted by molar-refractivity contribution is 0.119. The van der Waals surface area contributed by atoms with E-state index in [-0.39, 0.29) is 17.8 Å². The van der Waals surface area contributed by atoms with Crippen LogP contribution < -0.4 is 9.64 Å². The molecule has 5 rings (SSSR count). The number of ether oxygens (including phenoxy) is 1. The molecule has 7 heteroatoms. The number of amides is 1. The Morgan fingerprint density at radius 1 is 1.29 bits per heavy atom. The SMILES string of the molecule is C[C@H]1CCc2c(OC3CCC3)c(-c3cnn(C4CC4)c3)cc(F)c2N1C(=O)O. The Morgan fingerprint density at radius 2 is 2.07 bits per heavy atom. The van der Waals surface area contributed by atoms with Crippen LogP contribution >= 0.6 is 0 Å². The highest BCUT2D eigenvalue weighted by Crippen LogP contribution is 2.46. The predicted molar refractivity (Wildman–Crippen MR) is 102 cm³/mol. The maximum atomic E-state index is 15.2. The molecule has 0 bridgehead atoms. The van der Waals surface area contributed by atoms with Crippen molar-refractivity contribution in [1.82, 2.24) is 9.78 Å². The number of benzene rings is 1. The summed E-state index contributed by atoms with van der Waals surface area (Å²) in [6.45, 7) is 1.82. The van der Waals surface area contributed by atoms with Gasteiger partial charge in [0.1, 0.15) is 11.6 Å². The molecule has 1 aliphatic heterocycles. The van der Waals surface area contributed by atoms with E-state index >= 15 is 4.39 Å². The molecular weight excluding hydrogens is 361 g/mol. The molecular formula is C21H24FN3O3. The van der Waals surface area contributed by atoms with Crippen LogP contribution in [0.5, 0.6) is 5.75 Å². The van der Waals surface area contributed by atoms with Crippen molar-refractivity contribution >= 4 is 11.8 Å². The average Bonchev–Trinajstić information content (AvgIpc) is 3.36. The van der Waals surface area contributed by atoms with Gasteiger partial charge >= 0.3 is 6.09 Å². The van der Waals surface area contributed by atoms with Gasteiger partial charge in [0.25, 0.3) is 0 Å². The molecule has 0 saturated heterocycles. The van der Waals surface area contributed by atoms with Crippen molar-refractivity contribution in [2.75, 3.05) is 4.90 Å². The summed E-state index contributed by atoms with van der Waals surface area (Å²) in [6.07, 6.45) is 9.27. The van der Waals surface area contributed by atoms with E-state index in [1.807, 2.05) is 17.8 Å². The third kappa shape index (κ3) is 2.84. The van der Waals surface area contributed by atoms with Crippen LogP contribution in [0.3, 0.4) is 0 Å². The molecule has 0 spiro atoms. The van der Waals surface area contributed by atoms with E-state index < -0.39 is 11.9 Å². The van der Waals surface area contributed by atoms with E-state index in [2.05, 4.69) is 5.10 Å². The Kier molecular flexibility index (Phi) is 4.07. The van der Waals surface area contributed by atoms with Gasteiger partial charge in [0, 0.05) is 28.9 Å². The van der Waals surface area contributed by atoms with Gasteiger partial charge in [0.15, 0.2) is 0 Å². The summed E-state index contributed by atoms with van der Waals surface area (Å²) in [5.41, 5.74) is 2.32. The van der Waals surface area contributed by atoms with Crippen molar-refractivity contribution in [3.8, 4) is 16.9 Å². The molecule has 1 aromatic heterocycles. The normalized spacial score (nSPS) is 21.9. The smallest absolute Gasteiger partial charge is 0.412 e. The highest BCUT2D eigenvalue weighted by Gasteiger charge is 2.36. The van der Waals surface area contributed by atoms with E-state index in [1.54, 1.807) is 6.20 Å². The van der Waals surface area contributed by atoms with Gasteiger partial charge in [-0.3, -0.25) is 9.58 Å². The van der Waals surface area contributed by atoms with Gasteiger partial charge in [0.2, 0.25) is 0 Å². The first-order valence-electron chi connectivity index (χ1n) is 10.1. The molecule has 28 heavy (non-hydrogen) atoms. The van der Waals surface area contributed by atoms with Gasteiger partial charge in [-0.2, -0.15) is 5.10 Å². The Balaban J connectivity index is 1.65. The fraction of sp³-hybridized carbons (Fsp3) is 0.524. The average molecular weight is 385 g/mol. The minimum Gasteiger partial charge on any atom is -0.489 e. The third-order valence-electron chi connectivity index (χ3n) is 6.17. The van der Waals surface area contributed by atoms with Gasteiger partial charge in [-0.25, -0.2) is 9.18 Å². The minimum atomic E-state index is -1.13. The van der Waals surface area contributed by atoms with Crippen molar-refractivity contribution in [3.05, 3.63) is 29.8 Å². The quantitative estimate of drug-likeness (QED) is 0.823. The molecule has 2 heterocycles.